The van der Waals surface area contributed by atoms with Crippen molar-refractivity contribution >= 4 is 5.97 Å². The fourth-order valence-corrected chi connectivity index (χ4v) is 2.17. The van der Waals surface area contributed by atoms with Crippen molar-refractivity contribution in [2.45, 2.75) is 23.8 Å². The number of cyclic esters (lactones) is 1. The topological polar surface area (TPSA) is 46.5 Å². The van der Waals surface area contributed by atoms with Crippen molar-refractivity contribution in [3.63, 3.8) is 0 Å². The number of ether oxygens (including phenoxy) is 1. The van der Waals surface area contributed by atoms with Crippen LogP contribution in [0.1, 0.15) is 15.9 Å². The number of benzene rings is 1. The second kappa shape index (κ2) is 4.95. The Hall–Kier alpha value is -2.12. The third kappa shape index (κ3) is 2.12. The van der Waals surface area contributed by atoms with Crippen molar-refractivity contribution in [1.29, 1.82) is 0 Å². The lowest BCUT2D eigenvalue weighted by molar-refractivity contribution is -0.427. The molecular formula is C11HF11O3. The van der Waals surface area contributed by atoms with Gasteiger partial charge in [0.2, 0.25) is 0 Å². The highest BCUT2D eigenvalue weighted by Crippen LogP contribution is 2.59. The molecule has 0 amide bonds. The monoisotopic (exact) mass is 390 g/mol. The lowest BCUT2D eigenvalue weighted by Gasteiger charge is -2.39. The summed E-state index contributed by atoms with van der Waals surface area (Å²) in [6.07, 6.45) is -14.2. The smallest absolute Gasteiger partial charge is 0.420 e. The SMILES string of the molecule is O=C1OC(O)(C(F)(C(F)(F)F)C(F)(F)F)c2c(F)c(F)c(F)c(F)c21. The van der Waals surface area contributed by atoms with E-state index in [1.807, 2.05) is 0 Å². The Morgan fingerprint density at radius 3 is 1.56 bits per heavy atom. The Bertz CT molecular complexity index is 752. The predicted octanol–water partition coefficient (Wildman–Crippen LogP) is 3.39. The predicted molar refractivity (Wildman–Crippen MR) is 51.5 cm³/mol. The molecule has 1 aromatic carbocycles. The van der Waals surface area contributed by atoms with Crippen molar-refractivity contribution in [3.05, 3.63) is 34.4 Å². The van der Waals surface area contributed by atoms with Crippen LogP contribution < -0.4 is 0 Å². The van der Waals surface area contributed by atoms with Gasteiger partial charge in [0, 0.05) is 0 Å². The average molecular weight is 390 g/mol. The lowest BCUT2D eigenvalue weighted by atomic mass is 9.86. The van der Waals surface area contributed by atoms with Crippen molar-refractivity contribution in [2.24, 2.45) is 0 Å². The van der Waals surface area contributed by atoms with E-state index in [2.05, 4.69) is 4.74 Å². The largest absolute Gasteiger partial charge is 0.438 e. The molecular weight excluding hydrogens is 389 g/mol. The molecule has 2 rings (SSSR count). The van der Waals surface area contributed by atoms with E-state index in [0.29, 0.717) is 0 Å². The highest BCUT2D eigenvalue weighted by Gasteiger charge is 2.86. The van der Waals surface area contributed by atoms with Gasteiger partial charge >= 0.3 is 24.0 Å². The van der Waals surface area contributed by atoms with E-state index in [4.69, 9.17) is 0 Å². The van der Waals surface area contributed by atoms with Gasteiger partial charge in [-0.05, 0) is 0 Å². The van der Waals surface area contributed by atoms with Gasteiger partial charge in [0.25, 0.3) is 5.79 Å². The van der Waals surface area contributed by atoms with Crippen molar-refractivity contribution in [1.82, 2.24) is 0 Å². The summed E-state index contributed by atoms with van der Waals surface area (Å²) in [6, 6.07) is 0. The third-order valence-corrected chi connectivity index (χ3v) is 3.30. The Balaban J connectivity index is 2.99. The van der Waals surface area contributed by atoms with Gasteiger partial charge < -0.3 is 9.84 Å². The van der Waals surface area contributed by atoms with Crippen LogP contribution in [-0.4, -0.2) is 29.1 Å². The maximum absolute atomic E-state index is 14.0. The summed E-state index contributed by atoms with van der Waals surface area (Å²) in [5, 5.41) is 9.47. The Morgan fingerprint density at radius 2 is 1.16 bits per heavy atom. The van der Waals surface area contributed by atoms with Crippen LogP contribution in [0.15, 0.2) is 0 Å². The molecule has 1 aromatic rings. The molecule has 0 bridgehead atoms. The minimum Gasteiger partial charge on any atom is -0.420 e. The molecule has 3 nitrogen and oxygen atoms in total. The van der Waals surface area contributed by atoms with Crippen molar-refractivity contribution in [2.75, 3.05) is 0 Å². The Morgan fingerprint density at radius 1 is 0.760 bits per heavy atom. The molecule has 0 radical (unpaired) electrons. The molecule has 0 fully saturated rings. The van der Waals surface area contributed by atoms with E-state index in [1.54, 1.807) is 0 Å². The number of alkyl halides is 7. The summed E-state index contributed by atoms with van der Waals surface area (Å²) >= 11 is 0. The molecule has 1 unspecified atom stereocenters. The molecule has 25 heavy (non-hydrogen) atoms. The second-order valence-corrected chi connectivity index (χ2v) is 4.69. The van der Waals surface area contributed by atoms with E-state index in [0.717, 1.165) is 0 Å². The van der Waals surface area contributed by atoms with Gasteiger partial charge in [0.1, 0.15) is 5.56 Å². The zero-order valence-electron chi connectivity index (χ0n) is 10.9. The number of hydrogen-bond acceptors (Lipinski definition) is 3. The molecule has 14 heteroatoms. The van der Waals surface area contributed by atoms with Crippen LogP contribution in [0, 0.1) is 23.3 Å². The number of fused-ring (bicyclic) bond motifs is 1. The first-order valence-corrected chi connectivity index (χ1v) is 5.66. The molecule has 1 heterocycles. The molecule has 1 N–H and O–H groups in total. The van der Waals surface area contributed by atoms with E-state index >= 15 is 0 Å². The molecule has 0 saturated heterocycles. The number of hydrogen-bond donors (Lipinski definition) is 1. The van der Waals surface area contributed by atoms with Gasteiger partial charge in [-0.25, -0.2) is 26.7 Å². The van der Waals surface area contributed by atoms with Gasteiger partial charge in [-0.1, -0.05) is 0 Å². The van der Waals surface area contributed by atoms with E-state index < -0.39 is 64.2 Å². The van der Waals surface area contributed by atoms with Gasteiger partial charge in [-0.3, -0.25) is 0 Å². The Labute approximate surface area is 128 Å². The van der Waals surface area contributed by atoms with E-state index in [-0.39, 0.29) is 0 Å². The zero-order chi connectivity index (χ0) is 19.7. The lowest BCUT2D eigenvalue weighted by Crippen LogP contribution is -2.66. The number of esters is 1. The normalized spacial score (nSPS) is 21.4. The van der Waals surface area contributed by atoms with E-state index in [9.17, 15) is 58.2 Å². The van der Waals surface area contributed by atoms with Crippen LogP contribution in [0.5, 0.6) is 0 Å². The highest BCUT2D eigenvalue weighted by molar-refractivity contribution is 5.95. The van der Waals surface area contributed by atoms with Crippen molar-refractivity contribution < 1.29 is 62.9 Å². The minimum absolute atomic E-state index is 2.35. The molecule has 0 aromatic heterocycles. The molecule has 1 atom stereocenters. The standard InChI is InChI=1S/C11HF11O3/c12-3-1-2(4(13)6(15)5(3)14)8(24,25-7(1)23)9(16,10(17,18)19)11(20,21)22/h24H. The molecule has 0 aliphatic carbocycles. The number of aliphatic hydroxyl groups is 1. The van der Waals surface area contributed by atoms with Gasteiger partial charge in [0.15, 0.2) is 23.3 Å². The third-order valence-electron chi connectivity index (χ3n) is 3.30. The number of carbonyl (C=O) groups is 1. The molecule has 1 aliphatic rings. The molecule has 140 valence electrons. The first-order valence-electron chi connectivity index (χ1n) is 5.66. The Kier molecular flexibility index (Phi) is 3.81. The van der Waals surface area contributed by atoms with Crippen LogP contribution in [-0.2, 0) is 10.5 Å². The van der Waals surface area contributed by atoms with Gasteiger partial charge in [0.05, 0.1) is 5.56 Å². The quantitative estimate of drug-likeness (QED) is 0.346. The van der Waals surface area contributed by atoms with Crippen LogP contribution >= 0.6 is 0 Å². The summed E-state index contributed by atoms with van der Waals surface area (Å²) in [7, 11) is 0. The van der Waals surface area contributed by atoms with Gasteiger partial charge in [-0.2, -0.15) is 26.3 Å². The maximum atomic E-state index is 14.0. The molecule has 0 saturated carbocycles. The fourth-order valence-electron chi connectivity index (χ4n) is 2.17. The minimum atomic E-state index is -7.10. The summed E-state index contributed by atoms with van der Waals surface area (Å²) in [5.74, 6) is -19.9. The van der Waals surface area contributed by atoms with Crippen LogP contribution in [0.2, 0.25) is 0 Å². The molecule has 1 aliphatic heterocycles. The summed E-state index contributed by atoms with van der Waals surface area (Å²) < 4.78 is 147. The summed E-state index contributed by atoms with van der Waals surface area (Å²) in [6.45, 7) is 0. The maximum Gasteiger partial charge on any atom is 0.438 e. The van der Waals surface area contributed by atoms with E-state index in [1.165, 1.54) is 0 Å². The number of carbonyl (C=O) groups excluding carboxylic acids is 1. The second-order valence-electron chi connectivity index (χ2n) is 4.69. The van der Waals surface area contributed by atoms with Crippen LogP contribution in [0.3, 0.4) is 0 Å². The van der Waals surface area contributed by atoms with Gasteiger partial charge in [-0.15, -0.1) is 0 Å². The summed E-state index contributed by atoms with van der Waals surface area (Å²) in [4.78, 5) is 11.2. The van der Waals surface area contributed by atoms with Crippen LogP contribution in [0.4, 0.5) is 48.3 Å². The fraction of sp³-hybridized carbons (Fsp3) is 0.364. The zero-order valence-corrected chi connectivity index (χ0v) is 10.9. The number of rotatable bonds is 1. The molecule has 0 spiro atoms. The van der Waals surface area contributed by atoms with Crippen molar-refractivity contribution in [3.8, 4) is 0 Å². The summed E-state index contributed by atoms with van der Waals surface area (Å²) in [5.41, 5.74) is -12.1. The average Bonchev–Trinajstić information content (AvgIpc) is 2.71. The van der Waals surface area contributed by atoms with Crippen LogP contribution in [0.25, 0.3) is 0 Å². The number of halogens is 11. The first kappa shape index (κ1) is 19.2. The highest BCUT2D eigenvalue weighted by atomic mass is 19.4. The first-order chi connectivity index (χ1) is 11.0.